The van der Waals surface area contributed by atoms with E-state index in [0.717, 1.165) is 19.4 Å². The largest absolute Gasteiger partial charge is 0.378 e. The first-order valence-electron chi connectivity index (χ1n) is 7.19. The third-order valence-corrected chi connectivity index (χ3v) is 4.04. The Balaban J connectivity index is 1.58. The molecule has 3 nitrogen and oxygen atoms in total. The summed E-state index contributed by atoms with van der Waals surface area (Å²) in [5.41, 5.74) is 0. The van der Waals surface area contributed by atoms with E-state index in [1.165, 1.54) is 32.1 Å². The second-order valence-electron chi connectivity index (χ2n) is 5.52. The molecule has 0 heterocycles. The lowest BCUT2D eigenvalue weighted by atomic mass is 9.79. The molecule has 0 saturated heterocycles. The summed E-state index contributed by atoms with van der Waals surface area (Å²) in [7, 11) is 0. The first-order valence-corrected chi connectivity index (χ1v) is 7.19. The first-order chi connectivity index (χ1) is 8.28. The number of hydrogen-bond donors (Lipinski definition) is 1. The van der Waals surface area contributed by atoms with Crippen LogP contribution < -0.4 is 5.32 Å². The Kier molecular flexibility index (Phi) is 4.84. The van der Waals surface area contributed by atoms with E-state index in [1.54, 1.807) is 0 Å². The van der Waals surface area contributed by atoms with Gasteiger partial charge in [0.2, 0.25) is 5.91 Å². The van der Waals surface area contributed by atoms with Crippen LogP contribution in [0.2, 0.25) is 0 Å². The Hall–Kier alpha value is -0.570. The van der Waals surface area contributed by atoms with Gasteiger partial charge in [-0.05, 0) is 38.5 Å². The van der Waals surface area contributed by atoms with Gasteiger partial charge in [0.25, 0.3) is 0 Å². The summed E-state index contributed by atoms with van der Waals surface area (Å²) in [6, 6.07) is 0.457. The predicted octanol–water partition coefficient (Wildman–Crippen LogP) is 2.64. The highest BCUT2D eigenvalue weighted by atomic mass is 16.5. The molecule has 0 radical (unpaired) electrons. The molecule has 2 saturated carbocycles. The van der Waals surface area contributed by atoms with Crippen LogP contribution in [0, 0.1) is 5.92 Å². The molecule has 1 N–H and O–H groups in total. The van der Waals surface area contributed by atoms with Crippen molar-refractivity contribution in [1.29, 1.82) is 0 Å². The summed E-state index contributed by atoms with van der Waals surface area (Å²) in [6.07, 6.45) is 9.54. The zero-order valence-corrected chi connectivity index (χ0v) is 10.9. The lowest BCUT2D eigenvalue weighted by Crippen LogP contribution is -2.40. The van der Waals surface area contributed by atoms with Crippen LogP contribution in [-0.4, -0.2) is 24.7 Å². The second kappa shape index (κ2) is 6.39. The van der Waals surface area contributed by atoms with Gasteiger partial charge in [0, 0.05) is 19.1 Å². The van der Waals surface area contributed by atoms with Crippen LogP contribution in [0.15, 0.2) is 0 Å². The summed E-state index contributed by atoms with van der Waals surface area (Å²) in [6.45, 7) is 2.83. The monoisotopic (exact) mass is 239 g/mol. The van der Waals surface area contributed by atoms with E-state index in [9.17, 15) is 4.79 Å². The smallest absolute Gasteiger partial charge is 0.220 e. The summed E-state index contributed by atoms with van der Waals surface area (Å²) in [5.74, 6) is 0.826. The van der Waals surface area contributed by atoms with E-state index < -0.39 is 0 Å². The van der Waals surface area contributed by atoms with Crippen LogP contribution in [0.5, 0.6) is 0 Å². The molecular weight excluding hydrogens is 214 g/mol. The van der Waals surface area contributed by atoms with Crippen molar-refractivity contribution in [3.63, 3.8) is 0 Å². The number of amides is 1. The Labute approximate surface area is 104 Å². The minimum atomic E-state index is 0.261. The van der Waals surface area contributed by atoms with Gasteiger partial charge in [-0.15, -0.1) is 0 Å². The lowest BCUT2D eigenvalue weighted by Gasteiger charge is -2.35. The Bertz CT molecular complexity index is 243. The van der Waals surface area contributed by atoms with Gasteiger partial charge in [-0.25, -0.2) is 0 Å². The molecule has 0 aromatic heterocycles. The molecule has 0 unspecified atom stereocenters. The second-order valence-corrected chi connectivity index (χ2v) is 5.52. The average Bonchev–Trinajstić information content (AvgIpc) is 2.27. The van der Waals surface area contributed by atoms with Crippen LogP contribution in [0.25, 0.3) is 0 Å². The maximum Gasteiger partial charge on any atom is 0.220 e. The summed E-state index contributed by atoms with van der Waals surface area (Å²) >= 11 is 0. The highest BCUT2D eigenvalue weighted by Crippen LogP contribution is 2.32. The van der Waals surface area contributed by atoms with Crippen molar-refractivity contribution in [2.24, 2.45) is 5.92 Å². The highest BCUT2D eigenvalue weighted by molar-refractivity contribution is 5.76. The molecule has 98 valence electrons. The number of carbonyl (C=O) groups excluding carboxylic acids is 1. The van der Waals surface area contributed by atoms with Crippen molar-refractivity contribution in [3.05, 3.63) is 0 Å². The number of ether oxygens (including phenoxy) is 1. The quantitative estimate of drug-likeness (QED) is 0.801. The van der Waals surface area contributed by atoms with E-state index in [4.69, 9.17) is 4.74 Å². The molecule has 0 aromatic rings. The fourth-order valence-corrected chi connectivity index (χ4v) is 3.01. The normalized spacial score (nSPS) is 29.7. The van der Waals surface area contributed by atoms with Crippen molar-refractivity contribution in [2.75, 3.05) is 6.61 Å². The van der Waals surface area contributed by atoms with Crippen molar-refractivity contribution >= 4 is 5.91 Å². The minimum Gasteiger partial charge on any atom is -0.378 e. The van der Waals surface area contributed by atoms with Gasteiger partial charge >= 0.3 is 0 Å². The van der Waals surface area contributed by atoms with E-state index >= 15 is 0 Å². The molecule has 1 amide bonds. The highest BCUT2D eigenvalue weighted by Gasteiger charge is 2.31. The van der Waals surface area contributed by atoms with E-state index in [-0.39, 0.29) is 5.91 Å². The Morgan fingerprint density at radius 1 is 1.24 bits per heavy atom. The molecule has 0 bridgehead atoms. The number of rotatable bonds is 5. The van der Waals surface area contributed by atoms with Crippen LogP contribution in [-0.2, 0) is 9.53 Å². The molecule has 0 aromatic carbocycles. The van der Waals surface area contributed by atoms with Crippen molar-refractivity contribution in [2.45, 2.75) is 70.4 Å². The summed E-state index contributed by atoms with van der Waals surface area (Å²) < 4.78 is 5.51. The fraction of sp³-hybridized carbons (Fsp3) is 0.929. The van der Waals surface area contributed by atoms with E-state index in [0.29, 0.717) is 24.5 Å². The SMILES string of the molecule is CCOC1CC(CC(=O)NC2CCCCC2)C1. The van der Waals surface area contributed by atoms with Crippen LogP contribution >= 0.6 is 0 Å². The van der Waals surface area contributed by atoms with Crippen LogP contribution in [0.1, 0.15) is 58.3 Å². The summed E-state index contributed by atoms with van der Waals surface area (Å²) in [5, 5.41) is 3.19. The minimum absolute atomic E-state index is 0.261. The van der Waals surface area contributed by atoms with Crippen molar-refractivity contribution in [1.82, 2.24) is 5.32 Å². The molecule has 0 atom stereocenters. The van der Waals surface area contributed by atoms with Gasteiger partial charge in [-0.2, -0.15) is 0 Å². The third kappa shape index (κ3) is 3.98. The zero-order chi connectivity index (χ0) is 12.1. The molecule has 0 spiro atoms. The first kappa shape index (κ1) is 12.9. The Morgan fingerprint density at radius 3 is 2.59 bits per heavy atom. The lowest BCUT2D eigenvalue weighted by molar-refractivity contribution is -0.125. The molecule has 2 fully saturated rings. The molecule has 2 aliphatic rings. The predicted molar refractivity (Wildman–Crippen MR) is 67.8 cm³/mol. The van der Waals surface area contributed by atoms with Gasteiger partial charge in [-0.3, -0.25) is 4.79 Å². The molecule has 2 aliphatic carbocycles. The number of nitrogens with one attached hydrogen (secondary N) is 1. The maximum absolute atomic E-state index is 11.8. The van der Waals surface area contributed by atoms with Gasteiger partial charge in [0.1, 0.15) is 0 Å². The van der Waals surface area contributed by atoms with E-state index in [2.05, 4.69) is 5.32 Å². The number of hydrogen-bond acceptors (Lipinski definition) is 2. The fourth-order valence-electron chi connectivity index (χ4n) is 3.01. The third-order valence-electron chi connectivity index (χ3n) is 4.04. The Morgan fingerprint density at radius 2 is 1.94 bits per heavy atom. The molecular formula is C14H25NO2. The van der Waals surface area contributed by atoms with Gasteiger partial charge in [0.05, 0.1) is 6.10 Å². The standard InChI is InChI=1S/C14H25NO2/c1-2-17-13-8-11(9-13)10-14(16)15-12-6-4-3-5-7-12/h11-13H,2-10H2,1H3,(H,15,16). The van der Waals surface area contributed by atoms with Crippen molar-refractivity contribution < 1.29 is 9.53 Å². The molecule has 17 heavy (non-hydrogen) atoms. The molecule has 3 heteroatoms. The van der Waals surface area contributed by atoms with Gasteiger partial charge in [-0.1, -0.05) is 19.3 Å². The van der Waals surface area contributed by atoms with Crippen LogP contribution in [0.3, 0.4) is 0 Å². The topological polar surface area (TPSA) is 38.3 Å². The average molecular weight is 239 g/mol. The number of carbonyl (C=O) groups is 1. The van der Waals surface area contributed by atoms with Crippen molar-refractivity contribution in [3.8, 4) is 0 Å². The van der Waals surface area contributed by atoms with Crippen LogP contribution in [0.4, 0.5) is 0 Å². The zero-order valence-electron chi connectivity index (χ0n) is 10.9. The summed E-state index contributed by atoms with van der Waals surface area (Å²) in [4.78, 5) is 11.8. The van der Waals surface area contributed by atoms with E-state index in [1.807, 2.05) is 6.92 Å². The van der Waals surface area contributed by atoms with Gasteiger partial charge < -0.3 is 10.1 Å². The molecule has 0 aliphatic heterocycles. The molecule has 2 rings (SSSR count). The van der Waals surface area contributed by atoms with Gasteiger partial charge in [0.15, 0.2) is 0 Å². The maximum atomic E-state index is 11.8.